The zero-order valence-electron chi connectivity index (χ0n) is 10.9. The number of rotatable bonds is 5. The summed E-state index contributed by atoms with van der Waals surface area (Å²) in [5.41, 5.74) is 1.86. The molecule has 2 heterocycles. The van der Waals surface area contributed by atoms with Crippen LogP contribution in [-0.2, 0) is 6.54 Å². The Balaban J connectivity index is 1.92. The summed E-state index contributed by atoms with van der Waals surface area (Å²) in [5.74, 6) is 0.271. The van der Waals surface area contributed by atoms with Gasteiger partial charge in [0.1, 0.15) is 5.82 Å². The van der Waals surface area contributed by atoms with E-state index in [-0.39, 0.29) is 11.9 Å². The van der Waals surface area contributed by atoms with Crippen LogP contribution >= 0.6 is 0 Å². The van der Waals surface area contributed by atoms with Gasteiger partial charge in [0.2, 0.25) is 5.88 Å². The van der Waals surface area contributed by atoms with E-state index >= 15 is 0 Å². The van der Waals surface area contributed by atoms with Crippen molar-refractivity contribution in [3.05, 3.63) is 53.7 Å². The average molecular weight is 261 g/mol. The van der Waals surface area contributed by atoms with Gasteiger partial charge in [0.15, 0.2) is 0 Å². The van der Waals surface area contributed by atoms with Gasteiger partial charge in [-0.25, -0.2) is 9.37 Å². The normalized spacial score (nSPS) is 12.2. The summed E-state index contributed by atoms with van der Waals surface area (Å²) in [6.07, 6.45) is 2.99. The van der Waals surface area contributed by atoms with Gasteiger partial charge >= 0.3 is 0 Å². The maximum atomic E-state index is 12.8. The minimum absolute atomic E-state index is 0.0442. The topological polar surface area (TPSA) is 47.0 Å². The van der Waals surface area contributed by atoms with Crippen LogP contribution < -0.4 is 10.1 Å². The second-order valence-electron chi connectivity index (χ2n) is 4.21. The molecule has 0 amide bonds. The third-order valence-electron chi connectivity index (χ3n) is 2.81. The fourth-order valence-corrected chi connectivity index (χ4v) is 1.66. The Hall–Kier alpha value is -2.01. The molecule has 2 aromatic rings. The van der Waals surface area contributed by atoms with E-state index < -0.39 is 0 Å². The summed E-state index contributed by atoms with van der Waals surface area (Å²) in [4.78, 5) is 8.18. The minimum atomic E-state index is -0.324. The van der Waals surface area contributed by atoms with Gasteiger partial charge in [-0.1, -0.05) is 6.07 Å². The molecule has 0 radical (unpaired) electrons. The van der Waals surface area contributed by atoms with Gasteiger partial charge in [0, 0.05) is 24.8 Å². The van der Waals surface area contributed by atoms with E-state index in [4.69, 9.17) is 4.74 Å². The van der Waals surface area contributed by atoms with Crippen molar-refractivity contribution < 1.29 is 9.13 Å². The summed E-state index contributed by atoms with van der Waals surface area (Å²) in [6.45, 7) is 2.65. The lowest BCUT2D eigenvalue weighted by molar-refractivity contribution is 0.397. The third-order valence-corrected chi connectivity index (χ3v) is 2.81. The highest BCUT2D eigenvalue weighted by molar-refractivity contribution is 5.18. The lowest BCUT2D eigenvalue weighted by Crippen LogP contribution is -2.19. The van der Waals surface area contributed by atoms with Crippen LogP contribution in [0.4, 0.5) is 4.39 Å². The van der Waals surface area contributed by atoms with Crippen LogP contribution in [0.5, 0.6) is 5.88 Å². The van der Waals surface area contributed by atoms with Gasteiger partial charge in [0.25, 0.3) is 0 Å². The molecule has 2 aromatic heterocycles. The Morgan fingerprint density at radius 1 is 1.21 bits per heavy atom. The average Bonchev–Trinajstić information content (AvgIpc) is 2.46. The van der Waals surface area contributed by atoms with Crippen molar-refractivity contribution in [2.45, 2.75) is 19.5 Å². The van der Waals surface area contributed by atoms with Crippen molar-refractivity contribution in [3.63, 3.8) is 0 Å². The molecular weight excluding hydrogens is 245 g/mol. The molecule has 1 N–H and O–H groups in total. The predicted molar refractivity (Wildman–Crippen MR) is 70.2 cm³/mol. The summed E-state index contributed by atoms with van der Waals surface area (Å²) in [7, 11) is 1.59. The van der Waals surface area contributed by atoms with E-state index in [2.05, 4.69) is 15.3 Å². The number of nitrogens with one attached hydrogen (secondary N) is 1. The van der Waals surface area contributed by atoms with E-state index in [1.165, 1.54) is 12.3 Å². The fraction of sp³-hybridized carbons (Fsp3) is 0.286. The molecule has 0 aliphatic heterocycles. The summed E-state index contributed by atoms with van der Waals surface area (Å²) in [5, 5.41) is 3.31. The molecule has 0 aliphatic carbocycles. The number of methoxy groups -OCH3 is 1. The van der Waals surface area contributed by atoms with Crippen LogP contribution in [0.25, 0.3) is 0 Å². The van der Waals surface area contributed by atoms with Crippen molar-refractivity contribution in [1.29, 1.82) is 0 Å². The van der Waals surface area contributed by atoms with E-state index in [1.54, 1.807) is 19.4 Å². The highest BCUT2D eigenvalue weighted by Crippen LogP contribution is 2.11. The Morgan fingerprint density at radius 2 is 2.05 bits per heavy atom. The third kappa shape index (κ3) is 3.72. The van der Waals surface area contributed by atoms with Gasteiger partial charge in [-0.3, -0.25) is 4.98 Å². The van der Waals surface area contributed by atoms with Gasteiger partial charge in [0.05, 0.1) is 19.0 Å². The number of halogens is 1. The molecule has 1 unspecified atom stereocenters. The summed E-state index contributed by atoms with van der Waals surface area (Å²) in [6, 6.07) is 6.90. The second-order valence-corrected chi connectivity index (χ2v) is 4.21. The lowest BCUT2D eigenvalue weighted by Gasteiger charge is -2.13. The van der Waals surface area contributed by atoms with Crippen LogP contribution in [0.1, 0.15) is 24.2 Å². The molecule has 0 saturated heterocycles. The van der Waals surface area contributed by atoms with Crippen molar-refractivity contribution in [2.75, 3.05) is 7.11 Å². The van der Waals surface area contributed by atoms with Crippen LogP contribution in [0.15, 0.2) is 36.7 Å². The van der Waals surface area contributed by atoms with Crippen LogP contribution in [0.2, 0.25) is 0 Å². The number of ether oxygens (including phenoxy) is 1. The molecule has 4 nitrogen and oxygen atoms in total. The smallest absolute Gasteiger partial charge is 0.212 e. The van der Waals surface area contributed by atoms with Gasteiger partial charge in [-0.05, 0) is 24.6 Å². The summed E-state index contributed by atoms with van der Waals surface area (Å²) >= 11 is 0. The maximum Gasteiger partial charge on any atom is 0.212 e. The number of hydrogen-bond acceptors (Lipinski definition) is 4. The Bertz CT molecular complexity index is 513. The first-order chi connectivity index (χ1) is 9.19. The van der Waals surface area contributed by atoms with Crippen molar-refractivity contribution >= 4 is 0 Å². The number of pyridine rings is 2. The highest BCUT2D eigenvalue weighted by atomic mass is 19.1. The van der Waals surface area contributed by atoms with Gasteiger partial charge < -0.3 is 10.1 Å². The first kappa shape index (κ1) is 13.4. The predicted octanol–water partition coefficient (Wildman–Crippen LogP) is 2.48. The zero-order valence-corrected chi connectivity index (χ0v) is 10.9. The second kappa shape index (κ2) is 6.24. The molecular formula is C14H16FN3O. The van der Waals surface area contributed by atoms with Crippen LogP contribution in [-0.4, -0.2) is 17.1 Å². The van der Waals surface area contributed by atoms with Crippen molar-refractivity contribution in [3.8, 4) is 5.88 Å². The first-order valence-electron chi connectivity index (χ1n) is 6.03. The molecule has 0 aliphatic rings. The molecule has 2 rings (SSSR count). The quantitative estimate of drug-likeness (QED) is 0.898. The summed E-state index contributed by atoms with van der Waals surface area (Å²) < 4.78 is 17.8. The van der Waals surface area contributed by atoms with E-state index in [0.717, 1.165) is 11.3 Å². The molecule has 0 spiro atoms. The van der Waals surface area contributed by atoms with Crippen LogP contribution in [0.3, 0.4) is 0 Å². The molecule has 1 atom stereocenters. The van der Waals surface area contributed by atoms with Gasteiger partial charge in [-0.15, -0.1) is 0 Å². The Kier molecular flexibility index (Phi) is 4.41. The largest absolute Gasteiger partial charge is 0.481 e. The zero-order chi connectivity index (χ0) is 13.7. The molecule has 0 fully saturated rings. The molecule has 0 aromatic carbocycles. The SMILES string of the molecule is COc1ccc(CNC(C)c2ccc(F)cn2)cn1. The number of nitrogens with zero attached hydrogens (tertiary/aromatic N) is 2. The fourth-order valence-electron chi connectivity index (χ4n) is 1.66. The molecule has 0 saturated carbocycles. The Labute approximate surface area is 111 Å². The maximum absolute atomic E-state index is 12.8. The van der Waals surface area contributed by atoms with Crippen molar-refractivity contribution in [2.24, 2.45) is 0 Å². The highest BCUT2D eigenvalue weighted by Gasteiger charge is 2.06. The van der Waals surface area contributed by atoms with E-state index in [1.807, 2.05) is 19.1 Å². The lowest BCUT2D eigenvalue weighted by atomic mass is 10.2. The first-order valence-corrected chi connectivity index (χ1v) is 6.03. The van der Waals surface area contributed by atoms with Gasteiger partial charge in [-0.2, -0.15) is 0 Å². The molecule has 5 heteroatoms. The monoisotopic (exact) mass is 261 g/mol. The molecule has 0 bridgehead atoms. The molecule has 100 valence electrons. The minimum Gasteiger partial charge on any atom is -0.481 e. The number of aromatic nitrogens is 2. The van der Waals surface area contributed by atoms with E-state index in [0.29, 0.717) is 12.4 Å². The standard InChI is InChI=1S/C14H16FN3O/c1-10(13-5-4-12(15)9-17-13)16-7-11-3-6-14(19-2)18-8-11/h3-6,8-10,16H,7H2,1-2H3. The Morgan fingerprint density at radius 3 is 2.63 bits per heavy atom. The molecule has 19 heavy (non-hydrogen) atoms. The number of hydrogen-bond donors (Lipinski definition) is 1. The van der Waals surface area contributed by atoms with E-state index in [9.17, 15) is 4.39 Å². The van der Waals surface area contributed by atoms with Crippen molar-refractivity contribution in [1.82, 2.24) is 15.3 Å². The van der Waals surface area contributed by atoms with Crippen LogP contribution in [0, 0.1) is 5.82 Å².